The van der Waals surface area contributed by atoms with E-state index in [9.17, 15) is 36.4 Å². The van der Waals surface area contributed by atoms with E-state index in [2.05, 4.69) is 27.3 Å². The highest BCUT2D eigenvalue weighted by Gasteiger charge is 2.62. The SMILES string of the molecule is C=C[C@@H]1C[C@]1(NC(=O)[C@@H]1C[C@@H]2CN1C(=O)[C@H](C(C)(C)C)NC(=O)O[C@@H]1C[C@H]1CCCCCc1c(nc3ccccc3c1OCCCNC1CC(F)(F)C1)O2)C(=O)NS(=O)(=O)C1CC1. The van der Waals surface area contributed by atoms with Crippen LogP contribution in [0.3, 0.4) is 0 Å². The summed E-state index contributed by atoms with van der Waals surface area (Å²) >= 11 is 0. The van der Waals surface area contributed by atoms with Crippen LogP contribution in [0.5, 0.6) is 11.6 Å². The standard InChI is InChI=1S/C45H60F2N6O9S/c1-5-27-22-45(27,41(56)52-63(58,59)30-16-17-30)51-38(54)34-21-29-25-53(34)40(55)37(43(2,3)4)50-42(57)62-35-20-26(35)12-7-6-8-14-32-36(31-13-9-10-15-33(31)49-39(32)61-29)60-19-11-18-48-28-23-44(46,47)24-28/h5,9-10,13,15,26-30,34-35,37,48H,1,6-8,11-12,14,16-25H2,2-4H3,(H,50,57)(H,51,54)(H,52,56)/t26-,27-,29-,34+,35-,37-,45-/m1/s1. The molecule has 8 rings (SSSR count). The molecular formula is C45H60F2N6O9S. The van der Waals surface area contributed by atoms with Crippen molar-refractivity contribution in [1.82, 2.24) is 30.6 Å². The molecule has 0 radical (unpaired) electrons. The second kappa shape index (κ2) is 17.4. The normalized spacial score (nSPS) is 29.9. The molecular weight excluding hydrogens is 839 g/mol. The van der Waals surface area contributed by atoms with Crippen LogP contribution < -0.4 is 30.1 Å². The molecule has 18 heteroatoms. The number of benzene rings is 1. The van der Waals surface area contributed by atoms with Crippen molar-refractivity contribution in [3.05, 3.63) is 42.5 Å². The van der Waals surface area contributed by atoms with Crippen molar-refractivity contribution < 1.29 is 50.6 Å². The van der Waals surface area contributed by atoms with Gasteiger partial charge in [0.05, 0.1) is 29.5 Å². The van der Waals surface area contributed by atoms with Crippen LogP contribution in [0.15, 0.2) is 36.9 Å². The van der Waals surface area contributed by atoms with Crippen LogP contribution >= 0.6 is 0 Å². The van der Waals surface area contributed by atoms with Gasteiger partial charge in [-0.3, -0.25) is 19.1 Å². The highest BCUT2D eigenvalue weighted by atomic mass is 32.2. The van der Waals surface area contributed by atoms with E-state index in [-0.39, 0.29) is 50.3 Å². The van der Waals surface area contributed by atoms with Crippen molar-refractivity contribution in [2.45, 2.75) is 151 Å². The van der Waals surface area contributed by atoms with Crippen LogP contribution in [0.2, 0.25) is 0 Å². The van der Waals surface area contributed by atoms with Crippen molar-refractivity contribution in [3.63, 3.8) is 0 Å². The zero-order valence-corrected chi connectivity index (χ0v) is 37.1. The van der Waals surface area contributed by atoms with Gasteiger partial charge in [0.1, 0.15) is 35.6 Å². The van der Waals surface area contributed by atoms with Crippen LogP contribution in [0.25, 0.3) is 10.9 Å². The maximum atomic E-state index is 14.8. The number of alkyl carbamates (subject to hydrolysis) is 1. The fourth-order valence-corrected chi connectivity index (χ4v) is 10.6. The van der Waals surface area contributed by atoms with E-state index >= 15 is 0 Å². The monoisotopic (exact) mass is 898 g/mol. The lowest BCUT2D eigenvalue weighted by atomic mass is 9.85. The molecule has 7 atom stereocenters. The first-order valence-electron chi connectivity index (χ1n) is 22.5. The highest BCUT2D eigenvalue weighted by molar-refractivity contribution is 7.91. The van der Waals surface area contributed by atoms with E-state index < -0.39 is 80.1 Å². The number of hydrogen-bond acceptors (Lipinski definition) is 11. The summed E-state index contributed by atoms with van der Waals surface area (Å²) in [5.41, 5.74) is -1.08. The quantitative estimate of drug-likeness (QED) is 0.165. The number of para-hydroxylation sites is 1. The summed E-state index contributed by atoms with van der Waals surface area (Å²) in [7, 11) is -3.94. The van der Waals surface area contributed by atoms with Crippen molar-refractivity contribution in [2.75, 3.05) is 19.7 Å². The van der Waals surface area contributed by atoms with Gasteiger partial charge in [0.25, 0.3) is 11.8 Å². The number of fused-ring (bicyclic) bond motifs is 5. The minimum Gasteiger partial charge on any atom is -0.492 e. The highest BCUT2D eigenvalue weighted by Crippen LogP contribution is 2.46. The Morgan fingerprint density at radius 1 is 1.06 bits per heavy atom. The fourth-order valence-electron chi connectivity index (χ4n) is 9.25. The van der Waals surface area contributed by atoms with Gasteiger partial charge in [0, 0.05) is 36.6 Å². The predicted octanol–water partition coefficient (Wildman–Crippen LogP) is 5.05. The Morgan fingerprint density at radius 3 is 2.52 bits per heavy atom. The van der Waals surface area contributed by atoms with Gasteiger partial charge in [-0.05, 0) is 81.4 Å². The largest absolute Gasteiger partial charge is 0.492 e. The van der Waals surface area contributed by atoms with E-state index in [0.29, 0.717) is 56.0 Å². The number of carbonyl (C=O) groups excluding carboxylic acids is 4. The Labute approximate surface area is 367 Å². The van der Waals surface area contributed by atoms with Crippen LogP contribution in [0.4, 0.5) is 13.6 Å². The van der Waals surface area contributed by atoms with Crippen LogP contribution in [0, 0.1) is 17.3 Å². The Morgan fingerprint density at radius 2 is 1.83 bits per heavy atom. The summed E-state index contributed by atoms with van der Waals surface area (Å²) in [5, 5.41) is 8.93. The van der Waals surface area contributed by atoms with Crippen LogP contribution in [-0.2, 0) is 35.6 Å². The number of nitrogens with one attached hydrogen (secondary N) is 4. The molecule has 0 unspecified atom stereocenters. The van der Waals surface area contributed by atoms with Gasteiger partial charge >= 0.3 is 6.09 Å². The first-order chi connectivity index (χ1) is 29.9. The molecule has 4 aliphatic carbocycles. The predicted molar refractivity (Wildman–Crippen MR) is 229 cm³/mol. The molecule has 4 amide bonds. The van der Waals surface area contributed by atoms with Gasteiger partial charge in [-0.1, -0.05) is 51.8 Å². The summed E-state index contributed by atoms with van der Waals surface area (Å²) in [5.74, 6) is -4.16. The van der Waals surface area contributed by atoms with Gasteiger partial charge in [0.2, 0.25) is 27.7 Å². The number of nitrogens with zero attached hydrogens (tertiary/aromatic N) is 2. The van der Waals surface area contributed by atoms with Gasteiger partial charge in [-0.15, -0.1) is 6.58 Å². The number of aromatic nitrogens is 1. The smallest absolute Gasteiger partial charge is 0.408 e. The van der Waals surface area contributed by atoms with Crippen molar-refractivity contribution in [2.24, 2.45) is 17.3 Å². The molecule has 2 aromatic rings. The number of ether oxygens (including phenoxy) is 3. The summed E-state index contributed by atoms with van der Waals surface area (Å²) in [6, 6.07) is 4.99. The molecule has 1 aromatic carbocycles. The van der Waals surface area contributed by atoms with E-state index in [4.69, 9.17) is 19.2 Å². The number of carbonyl (C=O) groups is 4. The minimum atomic E-state index is -3.94. The topological polar surface area (TPSA) is 194 Å². The number of alkyl halides is 2. The molecule has 6 aliphatic rings. The third kappa shape index (κ3) is 10.1. The number of sulfonamides is 1. The lowest BCUT2D eigenvalue weighted by molar-refractivity contribution is -0.142. The Balaban J connectivity index is 1.10. The number of pyridine rings is 1. The molecule has 0 spiro atoms. The van der Waals surface area contributed by atoms with Gasteiger partial charge in [-0.25, -0.2) is 27.0 Å². The average molecular weight is 899 g/mol. The lowest BCUT2D eigenvalue weighted by Crippen LogP contribution is -2.60. The Hall–Kier alpha value is -4.58. The molecule has 2 aliphatic heterocycles. The molecule has 5 fully saturated rings. The molecule has 63 heavy (non-hydrogen) atoms. The molecule has 15 nitrogen and oxygen atoms in total. The lowest BCUT2D eigenvalue weighted by Gasteiger charge is -2.35. The molecule has 4 N–H and O–H groups in total. The first kappa shape index (κ1) is 45.0. The maximum Gasteiger partial charge on any atom is 0.408 e. The van der Waals surface area contributed by atoms with Crippen molar-refractivity contribution in [3.8, 4) is 11.6 Å². The van der Waals surface area contributed by atoms with E-state index in [1.165, 1.54) is 11.0 Å². The third-order valence-corrected chi connectivity index (χ3v) is 15.2. The van der Waals surface area contributed by atoms with Crippen LogP contribution in [-0.4, -0.2) is 109 Å². The fraction of sp³-hybridized carbons (Fsp3) is 0.667. The second-order valence-corrected chi connectivity index (χ2v) is 21.5. The molecule has 1 aromatic heterocycles. The van der Waals surface area contributed by atoms with Gasteiger partial charge < -0.3 is 35.1 Å². The molecule has 3 heterocycles. The number of rotatable bonds is 12. The zero-order valence-electron chi connectivity index (χ0n) is 36.3. The third-order valence-electron chi connectivity index (χ3n) is 13.4. The molecule has 2 bridgehead atoms. The molecule has 344 valence electrons. The second-order valence-electron chi connectivity index (χ2n) is 19.5. The van der Waals surface area contributed by atoms with Gasteiger partial charge in [-0.2, -0.15) is 0 Å². The average Bonchev–Trinajstić information content (AvgIpc) is 4.14. The van der Waals surface area contributed by atoms with E-state index in [0.717, 1.165) is 43.1 Å². The zero-order chi connectivity index (χ0) is 44.9. The Bertz CT molecular complexity index is 2230. The van der Waals surface area contributed by atoms with E-state index in [1.54, 1.807) is 20.8 Å². The minimum absolute atomic E-state index is 0.0184. The van der Waals surface area contributed by atoms with Gasteiger partial charge in [0.15, 0.2) is 0 Å². The maximum absolute atomic E-state index is 14.8. The summed E-state index contributed by atoms with van der Waals surface area (Å²) in [4.78, 5) is 62.7. The van der Waals surface area contributed by atoms with E-state index in [1.807, 2.05) is 24.3 Å². The van der Waals surface area contributed by atoms with Crippen molar-refractivity contribution in [1.29, 1.82) is 0 Å². The molecule has 1 saturated heterocycles. The first-order valence-corrected chi connectivity index (χ1v) is 24.0. The summed E-state index contributed by atoms with van der Waals surface area (Å²) in [6.07, 6.45) is 5.62. The molecule has 4 saturated carbocycles. The number of amides is 4. The Kier molecular flexibility index (Phi) is 12.4. The summed E-state index contributed by atoms with van der Waals surface area (Å²) < 4.78 is 73.8. The van der Waals surface area contributed by atoms with Crippen molar-refractivity contribution >= 4 is 44.7 Å². The number of halogens is 2. The summed E-state index contributed by atoms with van der Waals surface area (Å²) in [6.45, 7) is 9.93. The number of hydrogen-bond donors (Lipinski definition) is 4. The van der Waals surface area contributed by atoms with Crippen LogP contribution in [0.1, 0.15) is 103 Å².